The smallest absolute Gasteiger partial charge is 0.258 e. The molecule has 3 aromatic carbocycles. The first-order chi connectivity index (χ1) is 19.6. The van der Waals surface area contributed by atoms with E-state index in [0.29, 0.717) is 38.9 Å². The number of hydrogen-bond donors (Lipinski definition) is 4. The lowest BCUT2D eigenvalue weighted by molar-refractivity contribution is -0.117. The van der Waals surface area contributed by atoms with Gasteiger partial charge in [-0.3, -0.25) is 19.2 Å². The molecule has 4 N–H and O–H groups in total. The first kappa shape index (κ1) is 28.6. The molecule has 10 nitrogen and oxygen atoms in total. The number of nitrogens with zero attached hydrogens (tertiary/aromatic N) is 2. The second-order valence-corrected chi connectivity index (χ2v) is 12.3. The van der Waals surface area contributed by atoms with Crippen LogP contribution in [0.5, 0.6) is 0 Å². The number of benzene rings is 3. The van der Waals surface area contributed by atoms with Crippen LogP contribution in [0.15, 0.2) is 66.7 Å². The number of carbonyl (C=O) groups is 2. The summed E-state index contributed by atoms with van der Waals surface area (Å²) in [5.74, 6) is -0.535. The number of fused-ring (bicyclic) bond motifs is 1. The lowest BCUT2D eigenvalue weighted by atomic mass is 10.00. The van der Waals surface area contributed by atoms with Crippen molar-refractivity contribution in [2.45, 2.75) is 0 Å². The molecular weight excluding hydrogens is 564 g/mol. The average Bonchev–Trinajstić information content (AvgIpc) is 3.24. The monoisotopic (exact) mass is 594 g/mol. The highest BCUT2D eigenvalue weighted by Crippen LogP contribution is 2.39. The molecule has 2 amide bonds. The van der Waals surface area contributed by atoms with Crippen LogP contribution in [0.1, 0.15) is 11.1 Å². The van der Waals surface area contributed by atoms with Crippen molar-refractivity contribution in [1.29, 1.82) is 0 Å². The van der Waals surface area contributed by atoms with Crippen molar-refractivity contribution >= 4 is 67.5 Å². The molecule has 1 fully saturated rings. The highest BCUT2D eigenvalue weighted by atomic mass is 35.5. The summed E-state index contributed by atoms with van der Waals surface area (Å²) in [7, 11) is -1.62. The van der Waals surface area contributed by atoms with Gasteiger partial charge in [0, 0.05) is 42.5 Å². The van der Waals surface area contributed by atoms with E-state index >= 15 is 0 Å². The molecule has 0 radical (unpaired) electrons. The quantitative estimate of drug-likeness (QED) is 0.292. The van der Waals surface area contributed by atoms with Gasteiger partial charge in [-0.05, 0) is 42.9 Å². The predicted molar refractivity (Wildman–Crippen MR) is 164 cm³/mol. The molecule has 41 heavy (non-hydrogen) atoms. The Kier molecular flexibility index (Phi) is 8.32. The number of anilines is 4. The minimum Gasteiger partial charge on any atom is -0.354 e. The molecule has 2 heterocycles. The van der Waals surface area contributed by atoms with Crippen molar-refractivity contribution in [1.82, 2.24) is 9.80 Å². The molecule has 0 spiro atoms. The molecule has 0 saturated carbocycles. The molecule has 12 heteroatoms. The van der Waals surface area contributed by atoms with Gasteiger partial charge in [0.15, 0.2) is 0 Å². The van der Waals surface area contributed by atoms with Gasteiger partial charge < -0.3 is 20.9 Å². The first-order valence-electron chi connectivity index (χ1n) is 13.1. The van der Waals surface area contributed by atoms with Crippen molar-refractivity contribution in [3.8, 4) is 0 Å². The lowest BCUT2D eigenvalue weighted by Crippen LogP contribution is -2.47. The molecule has 0 aromatic heterocycles. The molecule has 2 aliphatic rings. The van der Waals surface area contributed by atoms with Crippen molar-refractivity contribution in [2.24, 2.45) is 0 Å². The van der Waals surface area contributed by atoms with E-state index in [1.165, 1.54) is 0 Å². The number of sulfonamides is 1. The fraction of sp³-hybridized carbons (Fsp3) is 0.241. The zero-order valence-corrected chi connectivity index (χ0v) is 24.3. The van der Waals surface area contributed by atoms with E-state index in [9.17, 15) is 18.0 Å². The van der Waals surface area contributed by atoms with E-state index < -0.39 is 10.0 Å². The molecule has 5 rings (SSSR count). The average molecular weight is 595 g/mol. The van der Waals surface area contributed by atoms with Crippen LogP contribution in [0.25, 0.3) is 11.3 Å². The molecule has 0 aliphatic carbocycles. The maximum absolute atomic E-state index is 13.2. The predicted octanol–water partition coefficient (Wildman–Crippen LogP) is 3.83. The summed E-state index contributed by atoms with van der Waals surface area (Å²) in [4.78, 5) is 30.3. The topological polar surface area (TPSA) is 123 Å². The standard InChI is InChI=1S/C29H31ClN6O4S/c1-35-12-14-36(15-13-35)18-26(37)32-23-11-9-21(17-25(23)34-41(2,39)40)31-28(19-6-4-3-5-7-19)27-22-10-8-20(30)16-24(22)33-29(27)38/h3-11,16-17,31,34H,12-15,18H2,1-2H3,(H,32,37)(H,33,38)/b28-27-. The minimum atomic E-state index is -3.67. The minimum absolute atomic E-state index is 0.199. The van der Waals surface area contributed by atoms with Crippen LogP contribution in [-0.2, 0) is 19.6 Å². The van der Waals surface area contributed by atoms with Gasteiger partial charge in [0.05, 0.1) is 41.1 Å². The first-order valence-corrected chi connectivity index (χ1v) is 15.3. The molecular formula is C29H31ClN6O4S. The summed E-state index contributed by atoms with van der Waals surface area (Å²) in [6, 6.07) is 19.5. The Balaban J connectivity index is 1.48. The Labute approximate surface area is 244 Å². The Morgan fingerprint density at radius 3 is 2.39 bits per heavy atom. The van der Waals surface area contributed by atoms with Gasteiger partial charge >= 0.3 is 0 Å². The molecule has 2 aliphatic heterocycles. The van der Waals surface area contributed by atoms with Crippen LogP contribution in [-0.4, -0.2) is 76.1 Å². The van der Waals surface area contributed by atoms with Gasteiger partial charge in [-0.2, -0.15) is 0 Å². The Hall–Kier alpha value is -3.90. The van der Waals surface area contributed by atoms with Crippen molar-refractivity contribution < 1.29 is 18.0 Å². The van der Waals surface area contributed by atoms with Crippen LogP contribution in [0, 0.1) is 0 Å². The largest absolute Gasteiger partial charge is 0.354 e. The highest BCUT2D eigenvalue weighted by molar-refractivity contribution is 7.92. The number of rotatable bonds is 8. The summed E-state index contributed by atoms with van der Waals surface area (Å²) in [5, 5.41) is 9.54. The zero-order chi connectivity index (χ0) is 29.1. The lowest BCUT2D eigenvalue weighted by Gasteiger charge is -2.31. The van der Waals surface area contributed by atoms with Gasteiger partial charge in [-0.1, -0.05) is 48.0 Å². The van der Waals surface area contributed by atoms with Crippen LogP contribution < -0.4 is 20.7 Å². The number of nitrogens with one attached hydrogen (secondary N) is 4. The van der Waals surface area contributed by atoms with E-state index in [1.54, 1.807) is 36.4 Å². The second-order valence-electron chi connectivity index (χ2n) is 10.1. The summed E-state index contributed by atoms with van der Waals surface area (Å²) in [6.45, 7) is 3.52. The van der Waals surface area contributed by atoms with E-state index in [2.05, 4.69) is 30.5 Å². The Morgan fingerprint density at radius 1 is 0.951 bits per heavy atom. The van der Waals surface area contributed by atoms with E-state index in [0.717, 1.165) is 38.0 Å². The van der Waals surface area contributed by atoms with Crippen LogP contribution in [0.4, 0.5) is 22.7 Å². The Morgan fingerprint density at radius 2 is 1.68 bits per heavy atom. The maximum Gasteiger partial charge on any atom is 0.258 e. The number of amides is 2. The molecule has 214 valence electrons. The summed E-state index contributed by atoms with van der Waals surface area (Å²) in [6.07, 6.45) is 1.05. The van der Waals surface area contributed by atoms with Crippen LogP contribution >= 0.6 is 11.6 Å². The third kappa shape index (κ3) is 7.06. The van der Waals surface area contributed by atoms with Gasteiger partial charge in [0.1, 0.15) is 0 Å². The summed E-state index contributed by atoms with van der Waals surface area (Å²) >= 11 is 6.15. The summed E-state index contributed by atoms with van der Waals surface area (Å²) < 4.78 is 27.0. The number of halogens is 1. The van der Waals surface area contributed by atoms with Gasteiger partial charge in [0.2, 0.25) is 15.9 Å². The second kappa shape index (κ2) is 11.9. The molecule has 0 unspecified atom stereocenters. The number of piperazine rings is 1. The molecule has 1 saturated heterocycles. The van der Waals surface area contributed by atoms with E-state index in [1.807, 2.05) is 37.4 Å². The number of carbonyl (C=O) groups excluding carboxylic acids is 2. The van der Waals surface area contributed by atoms with Crippen LogP contribution in [0.3, 0.4) is 0 Å². The third-order valence-corrected chi connectivity index (χ3v) is 7.69. The molecule has 0 atom stereocenters. The van der Waals surface area contributed by atoms with Crippen molar-refractivity contribution in [2.75, 3.05) is 66.7 Å². The molecule has 0 bridgehead atoms. The zero-order valence-electron chi connectivity index (χ0n) is 22.7. The van der Waals surface area contributed by atoms with Crippen LogP contribution in [0.2, 0.25) is 5.02 Å². The maximum atomic E-state index is 13.2. The van der Waals surface area contributed by atoms with Gasteiger partial charge in [0.25, 0.3) is 5.91 Å². The number of hydrogen-bond acceptors (Lipinski definition) is 7. The van der Waals surface area contributed by atoms with Crippen molar-refractivity contribution in [3.63, 3.8) is 0 Å². The normalized spacial score (nSPS) is 17.0. The van der Waals surface area contributed by atoms with E-state index in [-0.39, 0.29) is 24.0 Å². The summed E-state index contributed by atoms with van der Waals surface area (Å²) in [5.41, 5.74) is 4.03. The molecule has 3 aromatic rings. The fourth-order valence-electron chi connectivity index (χ4n) is 4.84. The third-order valence-electron chi connectivity index (χ3n) is 6.86. The van der Waals surface area contributed by atoms with E-state index in [4.69, 9.17) is 11.6 Å². The Bertz CT molecular complexity index is 1620. The van der Waals surface area contributed by atoms with Crippen molar-refractivity contribution in [3.05, 3.63) is 82.9 Å². The van der Waals surface area contributed by atoms with Gasteiger partial charge in [-0.25, -0.2) is 8.42 Å². The number of likely N-dealkylation sites (N-methyl/N-ethyl adjacent to an activating group) is 1. The SMILES string of the molecule is CN1CCN(CC(=O)Nc2ccc(N/C(=C3\C(=O)Nc4cc(Cl)ccc43)c3ccccc3)cc2NS(C)(=O)=O)CC1. The fourth-order valence-corrected chi connectivity index (χ4v) is 5.58. The highest BCUT2D eigenvalue weighted by Gasteiger charge is 2.29. The van der Waals surface area contributed by atoms with Gasteiger partial charge in [-0.15, -0.1) is 0 Å².